The van der Waals surface area contributed by atoms with Gasteiger partial charge in [-0.2, -0.15) is 11.8 Å². The van der Waals surface area contributed by atoms with E-state index in [1.165, 1.54) is 57.8 Å². The molecule has 0 aromatic rings. The van der Waals surface area contributed by atoms with E-state index in [1.54, 1.807) is 0 Å². The zero-order chi connectivity index (χ0) is 13.0. The van der Waals surface area contributed by atoms with Crippen LogP contribution in [-0.4, -0.2) is 24.1 Å². The second kappa shape index (κ2) is 6.31. The van der Waals surface area contributed by atoms with Crippen molar-refractivity contribution in [2.75, 3.05) is 12.9 Å². The number of rotatable bonds is 6. The number of carbonyl (C=O) groups excluding carboxylic acids is 1. The molecule has 0 heterocycles. The van der Waals surface area contributed by atoms with Crippen LogP contribution in [0, 0.1) is 11.3 Å². The predicted molar refractivity (Wildman–Crippen MR) is 76.8 cm³/mol. The van der Waals surface area contributed by atoms with Crippen molar-refractivity contribution in [2.24, 2.45) is 11.3 Å². The van der Waals surface area contributed by atoms with Gasteiger partial charge < -0.3 is 4.74 Å². The fourth-order valence-corrected chi connectivity index (χ4v) is 4.96. The van der Waals surface area contributed by atoms with Crippen LogP contribution < -0.4 is 0 Å². The quantitative estimate of drug-likeness (QED) is 0.682. The summed E-state index contributed by atoms with van der Waals surface area (Å²) in [4.78, 5) is 11.4. The third kappa shape index (κ3) is 3.66. The molecule has 0 radical (unpaired) electrons. The summed E-state index contributed by atoms with van der Waals surface area (Å²) in [6.07, 6.45) is 10.0. The van der Waals surface area contributed by atoms with Gasteiger partial charge in [0, 0.05) is 5.25 Å². The Balaban J connectivity index is 1.78. The Labute approximate surface area is 115 Å². The summed E-state index contributed by atoms with van der Waals surface area (Å²) in [5.74, 6) is 2.06. The van der Waals surface area contributed by atoms with Crippen LogP contribution >= 0.6 is 11.8 Å². The van der Waals surface area contributed by atoms with Crippen molar-refractivity contribution >= 4 is 17.7 Å². The maximum Gasteiger partial charge on any atom is 0.306 e. The normalized spacial score (nSPS) is 29.9. The molecule has 0 aromatic heterocycles. The van der Waals surface area contributed by atoms with Gasteiger partial charge in [0.25, 0.3) is 0 Å². The van der Waals surface area contributed by atoms with E-state index in [4.69, 9.17) is 4.74 Å². The van der Waals surface area contributed by atoms with Gasteiger partial charge in [-0.15, -0.1) is 0 Å². The predicted octanol–water partition coefficient (Wildman–Crippen LogP) is 4.03. The van der Waals surface area contributed by atoms with E-state index in [1.807, 2.05) is 0 Å². The van der Waals surface area contributed by atoms with Crippen LogP contribution in [0.2, 0.25) is 0 Å². The molecule has 0 aromatic carbocycles. The molecule has 2 saturated carbocycles. The topological polar surface area (TPSA) is 26.3 Å². The van der Waals surface area contributed by atoms with E-state index in [9.17, 15) is 4.79 Å². The van der Waals surface area contributed by atoms with Gasteiger partial charge in [0.2, 0.25) is 0 Å². The van der Waals surface area contributed by atoms with E-state index < -0.39 is 0 Å². The van der Waals surface area contributed by atoms with E-state index in [0.29, 0.717) is 11.8 Å². The molecule has 0 bridgehead atoms. The van der Waals surface area contributed by atoms with Crippen molar-refractivity contribution in [3.05, 3.63) is 0 Å². The molecule has 0 amide bonds. The van der Waals surface area contributed by atoms with E-state index in [0.717, 1.165) is 11.2 Å². The van der Waals surface area contributed by atoms with Crippen LogP contribution in [0.25, 0.3) is 0 Å². The number of hydrogen-bond donors (Lipinski definition) is 0. The Hall–Kier alpha value is -0.180. The maximum absolute atomic E-state index is 11.4. The Morgan fingerprint density at radius 2 is 2.06 bits per heavy atom. The van der Waals surface area contributed by atoms with Crippen molar-refractivity contribution in [1.29, 1.82) is 0 Å². The lowest BCUT2D eigenvalue weighted by atomic mass is 9.87. The van der Waals surface area contributed by atoms with Crippen molar-refractivity contribution in [2.45, 2.75) is 63.5 Å². The highest BCUT2D eigenvalue weighted by atomic mass is 32.2. The number of carbonyl (C=O) groups is 1. The highest BCUT2D eigenvalue weighted by Gasteiger charge is 2.45. The third-order valence-electron chi connectivity index (χ3n) is 4.67. The van der Waals surface area contributed by atoms with Crippen LogP contribution in [0.3, 0.4) is 0 Å². The summed E-state index contributed by atoms with van der Waals surface area (Å²) in [5.41, 5.74) is 0.299. The van der Waals surface area contributed by atoms with Gasteiger partial charge in [0.05, 0.1) is 13.5 Å². The zero-order valence-electron chi connectivity index (χ0n) is 11.7. The first-order valence-corrected chi connectivity index (χ1v) is 8.42. The molecule has 2 unspecified atom stereocenters. The molecule has 0 spiro atoms. The average molecular weight is 270 g/mol. The van der Waals surface area contributed by atoms with Gasteiger partial charge in [-0.1, -0.05) is 26.2 Å². The van der Waals surface area contributed by atoms with Gasteiger partial charge in [-0.25, -0.2) is 0 Å². The molecule has 104 valence electrons. The van der Waals surface area contributed by atoms with Gasteiger partial charge in [-0.3, -0.25) is 4.79 Å². The summed E-state index contributed by atoms with van der Waals surface area (Å²) in [6.45, 7) is 2.32. The summed E-state index contributed by atoms with van der Waals surface area (Å²) < 4.78 is 4.81. The van der Waals surface area contributed by atoms with Crippen LogP contribution in [0.4, 0.5) is 0 Å². The lowest BCUT2D eigenvalue weighted by Gasteiger charge is -2.31. The van der Waals surface area contributed by atoms with E-state index in [2.05, 4.69) is 18.7 Å². The highest BCUT2D eigenvalue weighted by Crippen LogP contribution is 2.53. The Morgan fingerprint density at radius 1 is 1.33 bits per heavy atom. The lowest BCUT2D eigenvalue weighted by molar-refractivity contribution is -0.141. The largest absolute Gasteiger partial charge is 0.469 e. The molecule has 2 rings (SSSR count). The molecule has 2 nitrogen and oxygen atoms in total. The summed E-state index contributed by atoms with van der Waals surface area (Å²) in [6, 6.07) is 0. The maximum atomic E-state index is 11.4. The standard InChI is InChI=1S/C15H26O2S/c1-3-12-6-4-5-7-13(12)18-11-15(8-9-15)10-14(16)17-2/h12-13H,3-11H2,1-2H3. The van der Waals surface area contributed by atoms with E-state index in [-0.39, 0.29) is 5.97 Å². The zero-order valence-corrected chi connectivity index (χ0v) is 12.6. The molecule has 18 heavy (non-hydrogen) atoms. The first kappa shape index (κ1) is 14.2. The minimum absolute atomic E-state index is 0.0243. The Bertz CT molecular complexity index is 286. The average Bonchev–Trinajstić information content (AvgIpc) is 3.16. The molecule has 2 fully saturated rings. The summed E-state index contributed by atoms with van der Waals surface area (Å²) in [5, 5.41) is 0.846. The number of thioether (sulfide) groups is 1. The second-order valence-corrected chi connectivity index (χ2v) is 7.28. The molecule has 2 atom stereocenters. The number of methoxy groups -OCH3 is 1. The monoisotopic (exact) mass is 270 g/mol. The fraction of sp³-hybridized carbons (Fsp3) is 0.933. The molecule has 0 aliphatic heterocycles. The van der Waals surface area contributed by atoms with Gasteiger partial charge in [0.15, 0.2) is 0 Å². The first-order chi connectivity index (χ1) is 8.69. The Morgan fingerprint density at radius 3 is 2.67 bits per heavy atom. The second-order valence-electron chi connectivity index (χ2n) is 6.06. The SMILES string of the molecule is CCC1CCCCC1SCC1(CC(=O)OC)CC1. The first-order valence-electron chi connectivity index (χ1n) is 7.37. The van der Waals surface area contributed by atoms with Gasteiger partial charge >= 0.3 is 5.97 Å². The van der Waals surface area contributed by atoms with Gasteiger partial charge in [-0.05, 0) is 42.8 Å². The fourth-order valence-electron chi connectivity index (χ4n) is 3.07. The molecular formula is C15H26O2S. The number of esters is 1. The lowest BCUT2D eigenvalue weighted by Crippen LogP contribution is -2.23. The summed E-state index contributed by atoms with van der Waals surface area (Å²) in [7, 11) is 1.50. The number of ether oxygens (including phenoxy) is 1. The molecule has 0 N–H and O–H groups in total. The summed E-state index contributed by atoms with van der Waals surface area (Å²) >= 11 is 2.14. The Kier molecular flexibility index (Phi) is 4.99. The van der Waals surface area contributed by atoms with E-state index >= 15 is 0 Å². The van der Waals surface area contributed by atoms with Crippen molar-refractivity contribution < 1.29 is 9.53 Å². The molecule has 0 saturated heterocycles. The smallest absolute Gasteiger partial charge is 0.306 e. The van der Waals surface area contributed by atoms with Crippen LogP contribution in [0.1, 0.15) is 58.3 Å². The van der Waals surface area contributed by atoms with Crippen molar-refractivity contribution in [1.82, 2.24) is 0 Å². The molecule has 2 aliphatic carbocycles. The van der Waals surface area contributed by atoms with Gasteiger partial charge in [0.1, 0.15) is 0 Å². The minimum Gasteiger partial charge on any atom is -0.469 e. The minimum atomic E-state index is -0.0243. The van der Waals surface area contributed by atoms with Crippen molar-refractivity contribution in [3.63, 3.8) is 0 Å². The third-order valence-corrected chi connectivity index (χ3v) is 6.50. The molecule has 3 heteroatoms. The molecular weight excluding hydrogens is 244 g/mol. The number of hydrogen-bond acceptors (Lipinski definition) is 3. The van der Waals surface area contributed by atoms with Crippen LogP contribution in [0.5, 0.6) is 0 Å². The van der Waals surface area contributed by atoms with Crippen molar-refractivity contribution in [3.8, 4) is 0 Å². The molecule has 2 aliphatic rings. The highest BCUT2D eigenvalue weighted by molar-refractivity contribution is 7.99. The van der Waals surface area contributed by atoms with Crippen LogP contribution in [-0.2, 0) is 9.53 Å². The van der Waals surface area contributed by atoms with Crippen LogP contribution in [0.15, 0.2) is 0 Å².